The van der Waals surface area contributed by atoms with Gasteiger partial charge in [0.1, 0.15) is 0 Å². The Morgan fingerprint density at radius 2 is 0.979 bits per heavy atom. The normalized spacial score (nSPS) is 14.2. The number of rotatable bonds is 32. The number of aliphatic hydroxyl groups excluding tert-OH is 1. The lowest BCUT2D eigenvalue weighted by molar-refractivity contribution is -0.122. The van der Waals surface area contributed by atoms with Crippen LogP contribution in [0.15, 0.2) is 72.9 Å². The molecule has 270 valence electrons. The Kier molecular flexibility index (Phi) is 32.1. The Bertz CT molecular complexity index is 1010. The van der Waals surface area contributed by atoms with Crippen LogP contribution in [0, 0.1) is 0 Å². The van der Waals surface area contributed by atoms with Crippen LogP contribution in [-0.2, 0) is 14.9 Å². The Morgan fingerprint density at radius 3 is 1.38 bits per heavy atom. The smallest absolute Gasteiger partial charge is 0.266 e. The van der Waals surface area contributed by atoms with E-state index in [1.54, 1.807) is 0 Å². The minimum atomic E-state index is -4.33. The van der Waals surface area contributed by atoms with Gasteiger partial charge in [-0.2, -0.15) is 8.42 Å². The van der Waals surface area contributed by atoms with Crippen LogP contribution >= 0.6 is 0 Å². The molecule has 0 aliphatic carbocycles. The first-order valence-electron chi connectivity index (χ1n) is 18.6. The molecule has 47 heavy (non-hydrogen) atoms. The molecule has 6 nitrogen and oxygen atoms in total. The summed E-state index contributed by atoms with van der Waals surface area (Å²) in [6.45, 7) is 4.38. The predicted molar refractivity (Wildman–Crippen MR) is 202 cm³/mol. The zero-order chi connectivity index (χ0) is 34.7. The van der Waals surface area contributed by atoms with E-state index in [1.165, 1.54) is 64.2 Å². The summed E-state index contributed by atoms with van der Waals surface area (Å²) < 4.78 is 32.4. The maximum Gasteiger partial charge on any atom is 0.266 e. The molecule has 0 saturated heterocycles. The molecular formula is C40H69NO5S. The number of aliphatic hydroxyl groups is 1. The number of unbranched alkanes of at least 4 members (excludes halogenated alkanes) is 12. The zero-order valence-corrected chi connectivity index (χ0v) is 30.7. The van der Waals surface area contributed by atoms with Crippen molar-refractivity contribution in [3.63, 3.8) is 0 Å². The van der Waals surface area contributed by atoms with Crippen LogP contribution < -0.4 is 5.32 Å². The highest BCUT2D eigenvalue weighted by atomic mass is 32.2. The van der Waals surface area contributed by atoms with Crippen LogP contribution in [0.3, 0.4) is 0 Å². The summed E-state index contributed by atoms with van der Waals surface area (Å²) in [5.74, 6) is -1.01. The van der Waals surface area contributed by atoms with E-state index in [0.29, 0.717) is 12.8 Å². The fourth-order valence-electron chi connectivity index (χ4n) is 5.18. The third-order valence-corrected chi connectivity index (χ3v) is 8.72. The fourth-order valence-corrected chi connectivity index (χ4v) is 5.94. The van der Waals surface area contributed by atoms with E-state index < -0.39 is 28.0 Å². The Morgan fingerprint density at radius 1 is 0.596 bits per heavy atom. The third-order valence-electron chi connectivity index (χ3n) is 7.94. The average Bonchev–Trinajstić information content (AvgIpc) is 3.03. The topological polar surface area (TPSA) is 104 Å². The van der Waals surface area contributed by atoms with Gasteiger partial charge in [0.25, 0.3) is 10.1 Å². The molecule has 7 heteroatoms. The van der Waals surface area contributed by atoms with Crippen molar-refractivity contribution in [3.05, 3.63) is 72.9 Å². The van der Waals surface area contributed by atoms with E-state index in [9.17, 15) is 22.9 Å². The summed E-state index contributed by atoms with van der Waals surface area (Å²) in [6.07, 6.45) is 47.1. The van der Waals surface area contributed by atoms with Crippen molar-refractivity contribution in [1.82, 2.24) is 5.32 Å². The lowest BCUT2D eigenvalue weighted by Crippen LogP contribution is -2.47. The molecule has 0 bridgehead atoms. The summed E-state index contributed by atoms with van der Waals surface area (Å²) in [4.78, 5) is 12.5. The maximum absolute atomic E-state index is 12.5. The quantitative estimate of drug-likeness (QED) is 0.0374. The predicted octanol–water partition coefficient (Wildman–Crippen LogP) is 10.7. The van der Waals surface area contributed by atoms with Crippen LogP contribution in [0.1, 0.15) is 155 Å². The van der Waals surface area contributed by atoms with Crippen molar-refractivity contribution >= 4 is 16.0 Å². The van der Waals surface area contributed by atoms with E-state index in [0.717, 1.165) is 57.8 Å². The SMILES string of the molecule is CC/C=C\C/C=C\C/C=C\C/C=C\C/C=C\C/C=C\CCC(=O)NC(CS(=O)(=O)O)C(O)CCCCCCCCCCCCCCC. The molecule has 0 rings (SSSR count). The van der Waals surface area contributed by atoms with E-state index >= 15 is 0 Å². The van der Waals surface area contributed by atoms with Crippen LogP contribution in [0.5, 0.6) is 0 Å². The van der Waals surface area contributed by atoms with Gasteiger partial charge >= 0.3 is 0 Å². The van der Waals surface area contributed by atoms with Gasteiger partial charge in [-0.15, -0.1) is 0 Å². The van der Waals surface area contributed by atoms with Crippen molar-refractivity contribution in [2.24, 2.45) is 0 Å². The summed E-state index contributed by atoms with van der Waals surface area (Å²) in [5, 5.41) is 13.2. The van der Waals surface area contributed by atoms with Gasteiger partial charge < -0.3 is 10.4 Å². The monoisotopic (exact) mass is 675 g/mol. The maximum atomic E-state index is 12.5. The van der Waals surface area contributed by atoms with Gasteiger partial charge in [0, 0.05) is 6.42 Å². The van der Waals surface area contributed by atoms with Crippen LogP contribution in [0.4, 0.5) is 0 Å². The molecule has 0 aromatic heterocycles. The van der Waals surface area contributed by atoms with Crippen LogP contribution in [0.2, 0.25) is 0 Å². The highest BCUT2D eigenvalue weighted by Crippen LogP contribution is 2.15. The molecule has 0 saturated carbocycles. The van der Waals surface area contributed by atoms with Crippen molar-refractivity contribution in [1.29, 1.82) is 0 Å². The molecule has 0 spiro atoms. The lowest BCUT2D eigenvalue weighted by atomic mass is 10.0. The summed E-state index contributed by atoms with van der Waals surface area (Å²) in [6, 6.07) is -1.01. The molecule has 1 amide bonds. The standard InChI is InChI=1S/C40H69NO5S/c1-3-5-7-9-11-13-15-17-18-19-20-21-22-24-26-28-30-32-34-36-40(43)41-38(37-47(44,45)46)39(42)35-33-31-29-27-25-23-16-14-12-10-8-6-4-2/h5,7,11,13,17-18,20-21,24,26,30,32,38-39,42H,3-4,6,8-10,12,14-16,19,22-23,25,27-29,31,33-37H2,1-2H3,(H,41,43)(H,44,45,46)/b7-5-,13-11-,18-17-,21-20-,26-24-,32-30-. The highest BCUT2D eigenvalue weighted by molar-refractivity contribution is 7.85. The lowest BCUT2D eigenvalue weighted by Gasteiger charge is -2.23. The second-order valence-corrected chi connectivity index (χ2v) is 14.0. The Hall–Kier alpha value is -2.22. The van der Waals surface area contributed by atoms with Gasteiger partial charge in [0.15, 0.2) is 0 Å². The number of carbonyl (C=O) groups is 1. The zero-order valence-electron chi connectivity index (χ0n) is 29.9. The molecule has 0 radical (unpaired) electrons. The molecule has 0 heterocycles. The van der Waals surface area contributed by atoms with Gasteiger partial charge in [-0.05, 0) is 51.4 Å². The molecule has 0 aliphatic heterocycles. The molecule has 2 atom stereocenters. The largest absolute Gasteiger partial charge is 0.391 e. The van der Waals surface area contributed by atoms with Gasteiger partial charge in [-0.3, -0.25) is 9.35 Å². The van der Waals surface area contributed by atoms with E-state index in [-0.39, 0.29) is 12.3 Å². The van der Waals surface area contributed by atoms with E-state index in [1.807, 2.05) is 12.2 Å². The number of nitrogens with one attached hydrogen (secondary N) is 1. The van der Waals surface area contributed by atoms with Gasteiger partial charge in [-0.1, -0.05) is 170 Å². The van der Waals surface area contributed by atoms with E-state index in [4.69, 9.17) is 0 Å². The fraction of sp³-hybridized carbons (Fsp3) is 0.675. The third kappa shape index (κ3) is 34.9. The van der Waals surface area contributed by atoms with Gasteiger partial charge in [0.2, 0.25) is 5.91 Å². The first kappa shape index (κ1) is 44.8. The summed E-state index contributed by atoms with van der Waals surface area (Å²) in [7, 11) is -4.33. The second-order valence-electron chi connectivity index (χ2n) is 12.5. The van der Waals surface area contributed by atoms with Crippen LogP contribution in [0.25, 0.3) is 0 Å². The molecule has 0 fully saturated rings. The van der Waals surface area contributed by atoms with Gasteiger partial charge in [0.05, 0.1) is 17.9 Å². The second kappa shape index (κ2) is 33.7. The molecular weight excluding hydrogens is 607 g/mol. The summed E-state index contributed by atoms with van der Waals surface area (Å²) in [5.41, 5.74) is 0. The molecule has 3 N–H and O–H groups in total. The van der Waals surface area contributed by atoms with Crippen molar-refractivity contribution in [2.45, 2.75) is 167 Å². The first-order valence-corrected chi connectivity index (χ1v) is 20.2. The highest BCUT2D eigenvalue weighted by Gasteiger charge is 2.25. The Balaban J connectivity index is 4.09. The average molecular weight is 676 g/mol. The number of carbonyl (C=O) groups excluding carboxylic acids is 1. The van der Waals surface area contributed by atoms with Crippen molar-refractivity contribution in [3.8, 4) is 0 Å². The molecule has 0 aliphatic rings. The van der Waals surface area contributed by atoms with Crippen molar-refractivity contribution < 1.29 is 22.9 Å². The molecule has 2 unspecified atom stereocenters. The minimum absolute atomic E-state index is 0.190. The molecule has 0 aromatic rings. The number of hydrogen-bond acceptors (Lipinski definition) is 4. The summed E-state index contributed by atoms with van der Waals surface area (Å²) >= 11 is 0. The number of hydrogen-bond donors (Lipinski definition) is 3. The van der Waals surface area contributed by atoms with Crippen LogP contribution in [-0.4, -0.2) is 41.9 Å². The molecule has 0 aromatic carbocycles. The van der Waals surface area contributed by atoms with Gasteiger partial charge in [-0.25, -0.2) is 0 Å². The Labute approximate surface area is 289 Å². The minimum Gasteiger partial charge on any atom is -0.391 e. The first-order chi connectivity index (χ1) is 22.8. The number of allylic oxidation sites excluding steroid dienone is 12. The number of amides is 1. The van der Waals surface area contributed by atoms with E-state index in [2.05, 4.69) is 79.9 Å². The van der Waals surface area contributed by atoms with Crippen molar-refractivity contribution in [2.75, 3.05) is 5.75 Å².